The zero-order chi connectivity index (χ0) is 23.8. The number of hydrogen-bond donors (Lipinski definition) is 1. The van der Waals surface area contributed by atoms with Crippen LogP contribution in [0.15, 0.2) is 41.0 Å². The zero-order valence-corrected chi connectivity index (χ0v) is 19.8. The Hall–Kier alpha value is -2.18. The number of hydrogen-bond acceptors (Lipinski definition) is 8. The van der Waals surface area contributed by atoms with E-state index in [0.29, 0.717) is 38.5 Å². The number of aliphatic hydroxyl groups excluding tert-OH is 1. The van der Waals surface area contributed by atoms with Gasteiger partial charge < -0.3 is 29.0 Å². The lowest BCUT2D eigenvalue weighted by Gasteiger charge is -2.32. The van der Waals surface area contributed by atoms with Gasteiger partial charge in [0.25, 0.3) is 5.91 Å². The summed E-state index contributed by atoms with van der Waals surface area (Å²) >= 11 is 0. The van der Waals surface area contributed by atoms with Crippen LogP contribution >= 0.6 is 0 Å². The summed E-state index contributed by atoms with van der Waals surface area (Å²) in [6.45, 7) is 3.67. The molecule has 1 aromatic rings. The van der Waals surface area contributed by atoms with Crippen molar-refractivity contribution in [3.63, 3.8) is 0 Å². The molecule has 1 saturated heterocycles. The molecule has 1 aromatic carbocycles. The number of rotatable bonds is 10. The van der Waals surface area contributed by atoms with Crippen molar-refractivity contribution in [2.24, 2.45) is 5.92 Å². The average molecular weight is 485 g/mol. The highest BCUT2D eigenvalue weighted by Crippen LogP contribution is 2.25. The summed E-state index contributed by atoms with van der Waals surface area (Å²) in [7, 11) is -2.33. The maximum absolute atomic E-state index is 13.0. The van der Waals surface area contributed by atoms with Gasteiger partial charge in [-0.05, 0) is 36.3 Å². The number of nitrogens with zero attached hydrogens (tertiary/aromatic N) is 2. The molecule has 10 nitrogen and oxygen atoms in total. The van der Waals surface area contributed by atoms with Crippen LogP contribution in [-0.2, 0) is 29.0 Å². The van der Waals surface area contributed by atoms with Gasteiger partial charge in [0.2, 0.25) is 16.3 Å². The van der Waals surface area contributed by atoms with Crippen LogP contribution in [0.2, 0.25) is 0 Å². The number of morpholine rings is 1. The molecule has 184 valence electrons. The van der Waals surface area contributed by atoms with Gasteiger partial charge in [-0.1, -0.05) is 6.92 Å². The van der Waals surface area contributed by atoms with Crippen molar-refractivity contribution in [1.29, 1.82) is 0 Å². The lowest BCUT2D eigenvalue weighted by molar-refractivity contribution is -0.156. The van der Waals surface area contributed by atoms with E-state index in [1.807, 2.05) is 6.92 Å². The van der Waals surface area contributed by atoms with Crippen molar-refractivity contribution >= 4 is 15.9 Å². The van der Waals surface area contributed by atoms with E-state index in [0.717, 1.165) is 4.31 Å². The molecule has 0 radical (unpaired) electrons. The number of methoxy groups -OCH3 is 1. The molecule has 0 aliphatic carbocycles. The Bertz CT molecular complexity index is 913. The third-order valence-electron chi connectivity index (χ3n) is 5.46. The maximum atomic E-state index is 13.0. The van der Waals surface area contributed by atoms with Gasteiger partial charge in [0.15, 0.2) is 5.76 Å². The number of amides is 1. The number of ether oxygens (including phenoxy) is 4. The summed E-state index contributed by atoms with van der Waals surface area (Å²) in [4.78, 5) is 14.5. The van der Waals surface area contributed by atoms with Gasteiger partial charge in [-0.2, -0.15) is 4.31 Å². The predicted molar refractivity (Wildman–Crippen MR) is 119 cm³/mol. The van der Waals surface area contributed by atoms with Crippen molar-refractivity contribution in [2.75, 3.05) is 59.7 Å². The highest BCUT2D eigenvalue weighted by molar-refractivity contribution is 7.89. The quantitative estimate of drug-likeness (QED) is 0.519. The number of benzene rings is 1. The minimum absolute atomic E-state index is 0.0274. The Labute approximate surface area is 194 Å². The molecule has 0 saturated carbocycles. The molecule has 2 aliphatic rings. The first-order chi connectivity index (χ1) is 15.8. The normalized spacial score (nSPS) is 21.5. The second-order valence-electron chi connectivity index (χ2n) is 7.87. The third kappa shape index (κ3) is 6.67. The molecular formula is C22H32N2O8S. The van der Waals surface area contributed by atoms with Crippen LogP contribution in [0.4, 0.5) is 0 Å². The fourth-order valence-corrected chi connectivity index (χ4v) is 5.07. The minimum Gasteiger partial charge on any atom is -0.497 e. The van der Waals surface area contributed by atoms with Crippen LogP contribution < -0.4 is 4.74 Å². The highest BCUT2D eigenvalue weighted by atomic mass is 32.2. The number of sulfonamides is 1. The average Bonchev–Trinajstić information content (AvgIpc) is 2.83. The van der Waals surface area contributed by atoms with Crippen LogP contribution in [0.5, 0.6) is 5.75 Å². The zero-order valence-electron chi connectivity index (χ0n) is 19.0. The van der Waals surface area contributed by atoms with Crippen molar-refractivity contribution in [3.8, 4) is 5.75 Å². The van der Waals surface area contributed by atoms with Crippen LogP contribution in [-0.4, -0.2) is 94.6 Å². The van der Waals surface area contributed by atoms with Crippen molar-refractivity contribution in [2.45, 2.75) is 24.5 Å². The summed E-state index contributed by atoms with van der Waals surface area (Å²) in [6.07, 6.45) is 1.68. The molecule has 11 heteroatoms. The minimum atomic E-state index is -3.83. The third-order valence-corrected chi connectivity index (χ3v) is 7.37. The van der Waals surface area contributed by atoms with E-state index >= 15 is 0 Å². The molecule has 3 rings (SSSR count). The molecule has 33 heavy (non-hydrogen) atoms. The van der Waals surface area contributed by atoms with Crippen molar-refractivity contribution < 1.29 is 37.3 Å². The summed E-state index contributed by atoms with van der Waals surface area (Å²) in [5.41, 5.74) is 0. The Morgan fingerprint density at radius 2 is 1.91 bits per heavy atom. The van der Waals surface area contributed by atoms with E-state index in [1.165, 1.54) is 19.2 Å². The van der Waals surface area contributed by atoms with Crippen molar-refractivity contribution in [1.82, 2.24) is 9.21 Å². The maximum Gasteiger partial charge on any atom is 0.288 e. The van der Waals surface area contributed by atoms with E-state index in [4.69, 9.17) is 18.9 Å². The predicted octanol–water partition coefficient (Wildman–Crippen LogP) is 0.820. The first-order valence-corrected chi connectivity index (χ1v) is 12.4. The Balaban J connectivity index is 1.58. The monoisotopic (exact) mass is 484 g/mol. The Morgan fingerprint density at radius 3 is 2.55 bits per heavy atom. The Morgan fingerprint density at radius 1 is 1.21 bits per heavy atom. The molecule has 1 amide bonds. The van der Waals surface area contributed by atoms with Crippen molar-refractivity contribution in [3.05, 3.63) is 36.1 Å². The van der Waals surface area contributed by atoms with Gasteiger partial charge in [0, 0.05) is 32.6 Å². The van der Waals surface area contributed by atoms with Gasteiger partial charge in [-0.25, -0.2) is 8.42 Å². The highest BCUT2D eigenvalue weighted by Gasteiger charge is 2.30. The van der Waals surface area contributed by atoms with E-state index in [-0.39, 0.29) is 48.8 Å². The van der Waals surface area contributed by atoms with Gasteiger partial charge in [0.05, 0.1) is 38.4 Å². The smallest absolute Gasteiger partial charge is 0.288 e. The fourth-order valence-electron chi connectivity index (χ4n) is 3.65. The number of carbonyl (C=O) groups excluding carboxylic acids is 1. The molecule has 2 heterocycles. The summed E-state index contributed by atoms with van der Waals surface area (Å²) in [5.74, 6) is 0.673. The molecule has 2 aliphatic heterocycles. The van der Waals surface area contributed by atoms with E-state index in [1.54, 1.807) is 23.1 Å². The van der Waals surface area contributed by atoms with Crippen LogP contribution in [0.3, 0.4) is 0 Å². The largest absolute Gasteiger partial charge is 0.497 e. The standard InChI is InChI=1S/C22H32N2O8S/c1-17-15-20(22(26)23-8-12-30-13-9-23)32-21(16-17)31-14-10-24(7-11-25)33(27,28)19-5-3-18(29-2)4-6-19/h3-6,15,17,21,25H,7-14,16H2,1-2H3/t17-,21+/m1/s1. The molecule has 2 atom stereocenters. The van der Waals surface area contributed by atoms with E-state index in [9.17, 15) is 18.3 Å². The van der Waals surface area contributed by atoms with E-state index < -0.39 is 16.3 Å². The SMILES string of the molecule is COc1ccc(S(=O)(=O)N(CCO)CCO[C@@H]2C[C@H](C)C=C(C(=O)N3CCOCC3)O2)cc1. The van der Waals surface area contributed by atoms with Crippen LogP contribution in [0.25, 0.3) is 0 Å². The number of allylic oxidation sites excluding steroid dienone is 1. The number of aliphatic hydroxyl groups is 1. The lowest BCUT2D eigenvalue weighted by atomic mass is 10.0. The van der Waals surface area contributed by atoms with Gasteiger partial charge in [-0.3, -0.25) is 4.79 Å². The summed E-state index contributed by atoms with van der Waals surface area (Å²) < 4.78 is 49.1. The Kier molecular flexibility index (Phi) is 9.10. The second kappa shape index (κ2) is 11.8. The van der Waals surface area contributed by atoms with Crippen LogP contribution in [0.1, 0.15) is 13.3 Å². The molecule has 1 N–H and O–H groups in total. The molecule has 0 spiro atoms. The molecule has 0 unspecified atom stereocenters. The topological polar surface area (TPSA) is 115 Å². The first-order valence-electron chi connectivity index (χ1n) is 11.0. The molecule has 0 aromatic heterocycles. The van der Waals surface area contributed by atoms with Gasteiger partial charge >= 0.3 is 0 Å². The lowest BCUT2D eigenvalue weighted by Crippen LogP contribution is -2.43. The molecule has 0 bridgehead atoms. The van der Waals surface area contributed by atoms with Crippen LogP contribution in [0, 0.1) is 5.92 Å². The van der Waals surface area contributed by atoms with Gasteiger partial charge in [-0.15, -0.1) is 0 Å². The summed E-state index contributed by atoms with van der Waals surface area (Å²) in [6, 6.07) is 6.05. The number of carbonyl (C=O) groups is 1. The fraction of sp³-hybridized carbons (Fsp3) is 0.591. The first kappa shape index (κ1) is 25.4. The second-order valence-corrected chi connectivity index (χ2v) is 9.81. The molecule has 1 fully saturated rings. The van der Waals surface area contributed by atoms with E-state index in [2.05, 4.69) is 0 Å². The molecular weight excluding hydrogens is 452 g/mol. The van der Waals surface area contributed by atoms with Gasteiger partial charge in [0.1, 0.15) is 5.75 Å². The summed E-state index contributed by atoms with van der Waals surface area (Å²) in [5, 5.41) is 9.38.